The molecule has 1 aromatic carbocycles. The molecule has 0 aliphatic carbocycles. The molecule has 1 fully saturated rings. The molecule has 154 valence electrons. The van der Waals surface area contributed by atoms with Gasteiger partial charge < -0.3 is 19.9 Å². The summed E-state index contributed by atoms with van der Waals surface area (Å²) < 4.78 is 18.9. The summed E-state index contributed by atoms with van der Waals surface area (Å²) in [5.41, 5.74) is 0. The number of hydrogen-bond donors (Lipinski definition) is 1. The van der Waals surface area contributed by atoms with Crippen molar-refractivity contribution in [3.8, 4) is 5.75 Å². The molecule has 1 saturated heterocycles. The second-order valence-electron chi connectivity index (χ2n) is 6.69. The van der Waals surface area contributed by atoms with Gasteiger partial charge in [-0.15, -0.1) is 0 Å². The number of amides is 1. The maximum atomic E-state index is 13.6. The molecule has 3 aromatic rings. The lowest BCUT2D eigenvalue weighted by Crippen LogP contribution is -2.50. The predicted octanol–water partition coefficient (Wildman–Crippen LogP) is 2.48. The van der Waals surface area contributed by atoms with E-state index in [1.807, 2.05) is 24.3 Å². The van der Waals surface area contributed by atoms with E-state index in [0.29, 0.717) is 37.8 Å². The number of hydrogen-bond acceptors (Lipinski definition) is 7. The third-order valence-electron chi connectivity index (χ3n) is 4.72. The minimum absolute atomic E-state index is 0.0819. The topological polar surface area (TPSA) is 83.5 Å². The summed E-state index contributed by atoms with van der Waals surface area (Å²) in [4.78, 5) is 29.0. The maximum absolute atomic E-state index is 13.6. The Morgan fingerprint density at radius 2 is 1.80 bits per heavy atom. The van der Waals surface area contributed by atoms with Crippen molar-refractivity contribution >= 4 is 23.4 Å². The molecular formula is C21H21FN6O2. The van der Waals surface area contributed by atoms with Crippen molar-refractivity contribution in [1.82, 2.24) is 19.9 Å². The number of anilines is 3. The van der Waals surface area contributed by atoms with Gasteiger partial charge in [-0.1, -0.05) is 18.2 Å². The summed E-state index contributed by atoms with van der Waals surface area (Å²) in [5, 5.41) is 3.15. The number of benzene rings is 1. The summed E-state index contributed by atoms with van der Waals surface area (Å²) in [5.74, 6) is 1.56. The monoisotopic (exact) mass is 408 g/mol. The van der Waals surface area contributed by atoms with Gasteiger partial charge in [0.1, 0.15) is 23.8 Å². The van der Waals surface area contributed by atoms with E-state index in [-0.39, 0.29) is 18.3 Å². The summed E-state index contributed by atoms with van der Waals surface area (Å²) in [7, 11) is 0. The Labute approximate surface area is 173 Å². The first-order valence-corrected chi connectivity index (χ1v) is 9.59. The molecule has 1 N–H and O–H groups in total. The second kappa shape index (κ2) is 9.17. The number of piperazine rings is 1. The highest BCUT2D eigenvalue weighted by molar-refractivity contribution is 5.78. The van der Waals surface area contributed by atoms with E-state index in [1.54, 1.807) is 23.2 Å². The Morgan fingerprint density at radius 3 is 2.57 bits per heavy atom. The Morgan fingerprint density at radius 1 is 1.00 bits per heavy atom. The van der Waals surface area contributed by atoms with E-state index in [2.05, 4.69) is 25.2 Å². The third kappa shape index (κ3) is 4.80. The number of carbonyl (C=O) groups is 1. The van der Waals surface area contributed by atoms with Gasteiger partial charge in [0.15, 0.2) is 18.2 Å². The van der Waals surface area contributed by atoms with Gasteiger partial charge in [-0.2, -0.15) is 0 Å². The molecule has 0 unspecified atom stereocenters. The standard InChI is InChI=1S/C21H21FN6O2/c22-16-5-1-2-6-17(16)30-14-21(29)28-11-9-27(10-12-28)20-13-19(24-15-25-20)26-18-7-3-4-8-23-18/h1-8,13,15H,9-12,14H2,(H,23,24,25,26). The molecule has 0 saturated carbocycles. The van der Waals surface area contributed by atoms with Crippen molar-refractivity contribution < 1.29 is 13.9 Å². The van der Waals surface area contributed by atoms with Crippen LogP contribution in [0, 0.1) is 5.82 Å². The normalized spacial score (nSPS) is 13.8. The zero-order valence-electron chi connectivity index (χ0n) is 16.2. The van der Waals surface area contributed by atoms with Crippen LogP contribution in [-0.2, 0) is 4.79 Å². The number of ether oxygens (including phenoxy) is 1. The highest BCUT2D eigenvalue weighted by atomic mass is 19.1. The van der Waals surface area contributed by atoms with Crippen LogP contribution in [0.4, 0.5) is 21.8 Å². The van der Waals surface area contributed by atoms with E-state index in [0.717, 1.165) is 5.82 Å². The highest BCUT2D eigenvalue weighted by Crippen LogP contribution is 2.19. The molecule has 1 aliphatic heterocycles. The van der Waals surface area contributed by atoms with Crippen LogP contribution < -0.4 is 15.0 Å². The average molecular weight is 408 g/mol. The zero-order valence-corrected chi connectivity index (χ0v) is 16.2. The fraction of sp³-hybridized carbons (Fsp3) is 0.238. The Balaban J connectivity index is 1.30. The van der Waals surface area contributed by atoms with Gasteiger partial charge in [0.25, 0.3) is 5.91 Å². The highest BCUT2D eigenvalue weighted by Gasteiger charge is 2.22. The van der Waals surface area contributed by atoms with E-state index in [9.17, 15) is 9.18 Å². The molecule has 30 heavy (non-hydrogen) atoms. The minimum atomic E-state index is -0.478. The number of aromatic nitrogens is 3. The second-order valence-corrected chi connectivity index (χ2v) is 6.69. The molecule has 4 rings (SSSR count). The number of halogens is 1. The molecule has 3 heterocycles. The number of para-hydroxylation sites is 1. The van der Waals surface area contributed by atoms with Gasteiger partial charge in [-0.3, -0.25) is 4.79 Å². The zero-order chi connectivity index (χ0) is 20.8. The van der Waals surface area contributed by atoms with Crippen molar-refractivity contribution in [2.24, 2.45) is 0 Å². The first-order chi connectivity index (χ1) is 14.7. The average Bonchev–Trinajstić information content (AvgIpc) is 2.79. The largest absolute Gasteiger partial charge is 0.481 e. The number of rotatable bonds is 6. The molecule has 8 nitrogen and oxygen atoms in total. The van der Waals surface area contributed by atoms with Crippen LogP contribution in [-0.4, -0.2) is 58.5 Å². The fourth-order valence-corrected chi connectivity index (χ4v) is 3.13. The van der Waals surface area contributed by atoms with Crippen LogP contribution in [0.25, 0.3) is 0 Å². The van der Waals surface area contributed by atoms with Gasteiger partial charge in [-0.25, -0.2) is 19.3 Å². The smallest absolute Gasteiger partial charge is 0.260 e. The van der Waals surface area contributed by atoms with E-state index in [1.165, 1.54) is 18.5 Å². The van der Waals surface area contributed by atoms with E-state index < -0.39 is 5.82 Å². The van der Waals surface area contributed by atoms with Gasteiger partial charge in [0.05, 0.1) is 0 Å². The lowest BCUT2D eigenvalue weighted by atomic mass is 10.3. The number of carbonyl (C=O) groups excluding carboxylic acids is 1. The molecule has 9 heteroatoms. The first kappa shape index (κ1) is 19.6. The molecule has 0 atom stereocenters. The molecule has 2 aromatic heterocycles. The maximum Gasteiger partial charge on any atom is 0.260 e. The van der Waals surface area contributed by atoms with Crippen LogP contribution >= 0.6 is 0 Å². The fourth-order valence-electron chi connectivity index (χ4n) is 3.13. The van der Waals surface area contributed by atoms with Crippen LogP contribution in [0.5, 0.6) is 5.75 Å². The van der Waals surface area contributed by atoms with Crippen molar-refractivity contribution in [2.45, 2.75) is 0 Å². The Hall–Kier alpha value is -3.75. The lowest BCUT2D eigenvalue weighted by Gasteiger charge is -2.35. The van der Waals surface area contributed by atoms with Crippen molar-refractivity contribution in [1.29, 1.82) is 0 Å². The molecule has 1 amide bonds. The SMILES string of the molecule is O=C(COc1ccccc1F)N1CCN(c2cc(Nc3ccccn3)ncn2)CC1. The van der Waals surface area contributed by atoms with Crippen LogP contribution in [0.2, 0.25) is 0 Å². The molecule has 0 spiro atoms. The Kier molecular flexibility index (Phi) is 5.98. The molecule has 0 bridgehead atoms. The number of nitrogens with one attached hydrogen (secondary N) is 1. The number of pyridine rings is 1. The van der Waals surface area contributed by atoms with Crippen LogP contribution in [0.1, 0.15) is 0 Å². The predicted molar refractivity (Wildman–Crippen MR) is 110 cm³/mol. The van der Waals surface area contributed by atoms with Crippen molar-refractivity contribution in [3.05, 3.63) is 66.9 Å². The third-order valence-corrected chi connectivity index (χ3v) is 4.72. The first-order valence-electron chi connectivity index (χ1n) is 9.59. The van der Waals surface area contributed by atoms with Gasteiger partial charge in [0, 0.05) is 38.4 Å². The van der Waals surface area contributed by atoms with Gasteiger partial charge >= 0.3 is 0 Å². The molecule has 1 aliphatic rings. The minimum Gasteiger partial charge on any atom is -0.481 e. The quantitative estimate of drug-likeness (QED) is 0.671. The lowest BCUT2D eigenvalue weighted by molar-refractivity contribution is -0.133. The summed E-state index contributed by atoms with van der Waals surface area (Å²) >= 11 is 0. The van der Waals surface area contributed by atoms with E-state index >= 15 is 0 Å². The molecule has 0 radical (unpaired) electrons. The van der Waals surface area contributed by atoms with Crippen molar-refractivity contribution in [2.75, 3.05) is 43.0 Å². The van der Waals surface area contributed by atoms with E-state index in [4.69, 9.17) is 4.74 Å². The summed E-state index contributed by atoms with van der Waals surface area (Å²) in [6, 6.07) is 13.5. The summed E-state index contributed by atoms with van der Waals surface area (Å²) in [6.45, 7) is 2.14. The van der Waals surface area contributed by atoms with Crippen LogP contribution in [0.3, 0.4) is 0 Å². The summed E-state index contributed by atoms with van der Waals surface area (Å²) in [6.07, 6.45) is 3.21. The van der Waals surface area contributed by atoms with Crippen LogP contribution in [0.15, 0.2) is 61.1 Å². The Bertz CT molecular complexity index is 996. The van der Waals surface area contributed by atoms with Crippen molar-refractivity contribution in [3.63, 3.8) is 0 Å². The molecular weight excluding hydrogens is 387 g/mol. The van der Waals surface area contributed by atoms with Gasteiger partial charge in [0.2, 0.25) is 0 Å². The number of nitrogens with zero attached hydrogens (tertiary/aromatic N) is 5. The van der Waals surface area contributed by atoms with Gasteiger partial charge in [-0.05, 0) is 24.3 Å².